The van der Waals surface area contributed by atoms with Crippen LogP contribution >= 0.6 is 11.3 Å². The van der Waals surface area contributed by atoms with Crippen LogP contribution in [-0.4, -0.2) is 32.7 Å². The Morgan fingerprint density at radius 2 is 2.27 bits per heavy atom. The Hall–Kier alpha value is -0.520. The molecule has 86 valence electrons. The number of ether oxygens (including phenoxy) is 1. The number of hydrogen-bond acceptors (Lipinski definition) is 3. The van der Waals surface area contributed by atoms with Crippen molar-refractivity contribution in [1.29, 1.82) is 0 Å². The number of nitrogens with one attached hydrogen (secondary N) is 1. The van der Waals surface area contributed by atoms with E-state index >= 15 is 0 Å². The fourth-order valence-corrected chi connectivity index (χ4v) is 1.81. The molecule has 2 nitrogen and oxygen atoms in total. The van der Waals surface area contributed by atoms with E-state index in [1.807, 2.05) is 5.38 Å². The second-order valence-electron chi connectivity index (χ2n) is 3.10. The maximum atomic E-state index is 11.7. The molecule has 0 aliphatic heterocycles. The highest BCUT2D eigenvalue weighted by Gasteiger charge is 2.00. The normalized spacial score (nSPS) is 11.1. The van der Waals surface area contributed by atoms with Crippen LogP contribution in [-0.2, 0) is 11.2 Å². The molecule has 1 rings (SSSR count). The quantitative estimate of drug-likeness (QED) is 0.697. The minimum Gasteiger partial charge on any atom is -0.374 e. The van der Waals surface area contributed by atoms with E-state index in [0.29, 0.717) is 13.2 Å². The summed E-state index contributed by atoms with van der Waals surface area (Å²) >= 11 is 1.68. The molecule has 1 heterocycles. The summed E-state index contributed by atoms with van der Waals surface area (Å²) in [5, 5.41) is 7.28. The molecule has 0 aliphatic rings. The monoisotopic (exact) mass is 235 g/mol. The Morgan fingerprint density at radius 1 is 1.40 bits per heavy atom. The minimum absolute atomic E-state index is 0.341. The van der Waals surface area contributed by atoms with Crippen molar-refractivity contribution in [1.82, 2.24) is 5.32 Å². The molecule has 15 heavy (non-hydrogen) atoms. The zero-order valence-corrected chi connectivity index (χ0v) is 9.23. The van der Waals surface area contributed by atoms with Crippen molar-refractivity contribution in [3.8, 4) is 0 Å². The van der Waals surface area contributed by atoms with E-state index in [4.69, 9.17) is 4.74 Å². The van der Waals surface area contributed by atoms with Gasteiger partial charge in [-0.15, -0.1) is 0 Å². The predicted octanol–water partition coefficient (Wildman–Crippen LogP) is 2.16. The summed E-state index contributed by atoms with van der Waals surface area (Å²) in [6.45, 7) is 1.35. The number of hydrogen-bond donors (Lipinski definition) is 1. The van der Waals surface area contributed by atoms with Gasteiger partial charge in [-0.1, -0.05) is 0 Å². The van der Waals surface area contributed by atoms with Gasteiger partial charge in [-0.05, 0) is 35.4 Å². The summed E-state index contributed by atoms with van der Waals surface area (Å²) in [7, 11) is 0. The fraction of sp³-hybridized carbons (Fsp3) is 0.600. The molecule has 1 N–H and O–H groups in total. The molecule has 0 unspecified atom stereocenters. The van der Waals surface area contributed by atoms with Crippen LogP contribution in [0.3, 0.4) is 0 Å². The Balaban J connectivity index is 1.85. The van der Waals surface area contributed by atoms with E-state index in [2.05, 4.69) is 16.8 Å². The molecule has 0 saturated carbocycles. The third-order valence-electron chi connectivity index (χ3n) is 1.84. The molecule has 0 spiro atoms. The van der Waals surface area contributed by atoms with Crippen molar-refractivity contribution < 1.29 is 13.5 Å². The van der Waals surface area contributed by atoms with E-state index in [-0.39, 0.29) is 0 Å². The van der Waals surface area contributed by atoms with Gasteiger partial charge < -0.3 is 10.1 Å². The molecule has 0 bridgehead atoms. The van der Waals surface area contributed by atoms with E-state index < -0.39 is 13.0 Å². The van der Waals surface area contributed by atoms with Crippen molar-refractivity contribution >= 4 is 11.3 Å². The third kappa shape index (κ3) is 6.54. The lowest BCUT2D eigenvalue weighted by Gasteiger charge is -2.04. The SMILES string of the molecule is FC(F)COCCNCCc1ccsc1. The zero-order chi connectivity index (χ0) is 10.9. The first kappa shape index (κ1) is 12.5. The molecule has 1 aromatic heterocycles. The van der Waals surface area contributed by atoms with Crippen LogP contribution in [0.5, 0.6) is 0 Å². The Labute approximate surface area is 92.3 Å². The maximum Gasteiger partial charge on any atom is 0.261 e. The van der Waals surface area contributed by atoms with E-state index in [1.165, 1.54) is 5.56 Å². The van der Waals surface area contributed by atoms with E-state index in [9.17, 15) is 8.78 Å². The standard InChI is InChI=1S/C10H15F2NOS/c11-10(12)7-14-5-4-13-3-1-9-2-6-15-8-9/h2,6,8,10,13H,1,3-5,7H2. The van der Waals surface area contributed by atoms with Gasteiger partial charge in [0.1, 0.15) is 6.61 Å². The van der Waals surface area contributed by atoms with Crippen LogP contribution in [0.25, 0.3) is 0 Å². The molecular weight excluding hydrogens is 220 g/mol. The van der Waals surface area contributed by atoms with Crippen molar-refractivity contribution in [3.05, 3.63) is 22.4 Å². The summed E-state index contributed by atoms with van der Waals surface area (Å²) in [6, 6.07) is 2.08. The zero-order valence-electron chi connectivity index (χ0n) is 8.42. The average molecular weight is 235 g/mol. The summed E-state index contributed by atoms with van der Waals surface area (Å²) in [4.78, 5) is 0. The topological polar surface area (TPSA) is 21.3 Å². The lowest BCUT2D eigenvalue weighted by Crippen LogP contribution is -2.23. The van der Waals surface area contributed by atoms with Gasteiger partial charge >= 0.3 is 0 Å². The molecular formula is C10H15F2NOS. The minimum atomic E-state index is -2.36. The van der Waals surface area contributed by atoms with Crippen LogP contribution in [0.2, 0.25) is 0 Å². The summed E-state index contributed by atoms with van der Waals surface area (Å²) in [5.74, 6) is 0. The number of halogens is 2. The highest BCUT2D eigenvalue weighted by Crippen LogP contribution is 2.05. The lowest BCUT2D eigenvalue weighted by atomic mass is 10.2. The molecule has 0 saturated heterocycles. The van der Waals surface area contributed by atoms with Crippen LogP contribution in [0, 0.1) is 0 Å². The highest BCUT2D eigenvalue weighted by molar-refractivity contribution is 7.07. The molecule has 0 atom stereocenters. The first-order valence-corrected chi connectivity index (χ1v) is 5.81. The Morgan fingerprint density at radius 3 is 2.93 bits per heavy atom. The molecule has 0 aliphatic carbocycles. The molecule has 5 heteroatoms. The lowest BCUT2D eigenvalue weighted by molar-refractivity contribution is 0.0188. The van der Waals surface area contributed by atoms with Crippen LogP contribution < -0.4 is 5.32 Å². The number of alkyl halides is 2. The van der Waals surface area contributed by atoms with Gasteiger partial charge in [-0.2, -0.15) is 11.3 Å². The molecule has 1 aromatic rings. The van der Waals surface area contributed by atoms with Gasteiger partial charge in [0.25, 0.3) is 6.43 Å². The van der Waals surface area contributed by atoms with Crippen LogP contribution in [0.4, 0.5) is 8.78 Å². The highest BCUT2D eigenvalue weighted by atomic mass is 32.1. The summed E-state index contributed by atoms with van der Waals surface area (Å²) < 4.78 is 28.0. The van der Waals surface area contributed by atoms with Crippen LogP contribution in [0.1, 0.15) is 5.56 Å². The van der Waals surface area contributed by atoms with Crippen molar-refractivity contribution in [3.63, 3.8) is 0 Å². The Bertz CT molecular complexity index is 242. The van der Waals surface area contributed by atoms with Gasteiger partial charge in [0.2, 0.25) is 0 Å². The second-order valence-corrected chi connectivity index (χ2v) is 3.88. The Kier molecular flexibility index (Phi) is 6.47. The maximum absolute atomic E-state index is 11.7. The smallest absolute Gasteiger partial charge is 0.261 e. The number of rotatable bonds is 8. The molecule has 0 fully saturated rings. The second kappa shape index (κ2) is 7.73. The summed E-state index contributed by atoms with van der Waals surface area (Å²) in [5.41, 5.74) is 1.31. The van der Waals surface area contributed by atoms with Gasteiger partial charge in [0.15, 0.2) is 0 Å². The number of thiophene rings is 1. The third-order valence-corrected chi connectivity index (χ3v) is 2.57. The van der Waals surface area contributed by atoms with Crippen molar-refractivity contribution in [2.45, 2.75) is 12.8 Å². The van der Waals surface area contributed by atoms with E-state index in [0.717, 1.165) is 13.0 Å². The first-order valence-electron chi connectivity index (χ1n) is 4.86. The van der Waals surface area contributed by atoms with Gasteiger partial charge in [0.05, 0.1) is 6.61 Å². The van der Waals surface area contributed by atoms with Gasteiger partial charge in [-0.25, -0.2) is 8.78 Å². The van der Waals surface area contributed by atoms with E-state index in [1.54, 1.807) is 11.3 Å². The summed E-state index contributed by atoms with van der Waals surface area (Å²) in [6.07, 6.45) is -1.39. The van der Waals surface area contributed by atoms with Gasteiger partial charge in [0, 0.05) is 6.54 Å². The molecule has 0 radical (unpaired) electrons. The molecule has 0 amide bonds. The predicted molar refractivity (Wildman–Crippen MR) is 57.7 cm³/mol. The molecule has 0 aromatic carbocycles. The van der Waals surface area contributed by atoms with Crippen molar-refractivity contribution in [2.24, 2.45) is 0 Å². The van der Waals surface area contributed by atoms with Crippen LogP contribution in [0.15, 0.2) is 16.8 Å². The first-order chi connectivity index (χ1) is 7.29. The largest absolute Gasteiger partial charge is 0.374 e. The fourth-order valence-electron chi connectivity index (χ4n) is 1.11. The van der Waals surface area contributed by atoms with Crippen molar-refractivity contribution in [2.75, 3.05) is 26.3 Å². The average Bonchev–Trinajstić information content (AvgIpc) is 2.68. The van der Waals surface area contributed by atoms with Gasteiger partial charge in [-0.3, -0.25) is 0 Å².